The van der Waals surface area contributed by atoms with Crippen LogP contribution in [0.15, 0.2) is 53.7 Å². The minimum Gasteiger partial charge on any atom is -0.497 e. The first-order chi connectivity index (χ1) is 14.6. The summed E-state index contributed by atoms with van der Waals surface area (Å²) in [5.41, 5.74) is 6.41. The van der Waals surface area contributed by atoms with Crippen LogP contribution in [0.4, 0.5) is 5.69 Å². The lowest BCUT2D eigenvalue weighted by Gasteiger charge is -2.33. The van der Waals surface area contributed by atoms with Crippen LogP contribution >= 0.6 is 11.8 Å². The van der Waals surface area contributed by atoms with Gasteiger partial charge in [0.05, 0.1) is 13.2 Å². The molecule has 0 saturated carbocycles. The number of aryl methyl sites for hydroxylation is 2. The summed E-state index contributed by atoms with van der Waals surface area (Å²) >= 11 is 1.43. The van der Waals surface area contributed by atoms with Gasteiger partial charge in [0.2, 0.25) is 11.1 Å². The topological polar surface area (TPSA) is 81.1 Å². The quantitative estimate of drug-likeness (QED) is 0.625. The molecule has 1 aliphatic rings. The Balaban J connectivity index is 1.65. The Morgan fingerprint density at radius 3 is 2.77 bits per heavy atom. The fourth-order valence-electron chi connectivity index (χ4n) is 3.42. The molecule has 0 unspecified atom stereocenters. The summed E-state index contributed by atoms with van der Waals surface area (Å²) in [4.78, 5) is 13.3. The summed E-state index contributed by atoms with van der Waals surface area (Å²) in [7, 11) is 1.61. The first kappa shape index (κ1) is 20.3. The molecule has 0 radical (unpaired) electrons. The Morgan fingerprint density at radius 1 is 1.23 bits per heavy atom. The highest BCUT2D eigenvalue weighted by atomic mass is 32.2. The first-order valence-corrected chi connectivity index (χ1v) is 10.9. The number of benzene rings is 2. The van der Waals surface area contributed by atoms with Crippen LogP contribution in [-0.2, 0) is 11.2 Å². The van der Waals surface area contributed by atoms with Gasteiger partial charge in [0.1, 0.15) is 11.0 Å². The molecule has 2 aromatic carbocycles. The zero-order chi connectivity index (χ0) is 21.1. The molecular weight excluding hydrogens is 398 g/mol. The molecule has 0 fully saturated rings. The summed E-state index contributed by atoms with van der Waals surface area (Å²) in [6.07, 6.45) is 1.79. The van der Waals surface area contributed by atoms with Crippen molar-refractivity contribution in [3.8, 4) is 5.75 Å². The van der Waals surface area contributed by atoms with Crippen LogP contribution in [0.5, 0.6) is 5.75 Å². The van der Waals surface area contributed by atoms with Gasteiger partial charge in [-0.05, 0) is 31.0 Å². The summed E-state index contributed by atoms with van der Waals surface area (Å²) < 4.78 is 7.19. The van der Waals surface area contributed by atoms with E-state index in [4.69, 9.17) is 4.74 Å². The number of methoxy groups -OCH3 is 1. The van der Waals surface area contributed by atoms with Gasteiger partial charge in [0.15, 0.2) is 5.82 Å². The number of nitrogens with one attached hydrogen (secondary N) is 2. The van der Waals surface area contributed by atoms with Gasteiger partial charge in [0, 0.05) is 18.2 Å². The van der Waals surface area contributed by atoms with Gasteiger partial charge >= 0.3 is 0 Å². The van der Waals surface area contributed by atoms with Crippen LogP contribution in [0.3, 0.4) is 0 Å². The number of anilines is 1. The monoisotopic (exact) mass is 423 g/mol. The van der Waals surface area contributed by atoms with Gasteiger partial charge in [-0.15, -0.1) is 10.2 Å². The second-order valence-electron chi connectivity index (χ2n) is 7.26. The van der Waals surface area contributed by atoms with Crippen LogP contribution < -0.4 is 15.5 Å². The third kappa shape index (κ3) is 4.14. The predicted octanol–water partition coefficient (Wildman–Crippen LogP) is 3.95. The number of ether oxygens (including phenoxy) is 1. The Labute approximate surface area is 180 Å². The van der Waals surface area contributed by atoms with E-state index in [1.807, 2.05) is 28.9 Å². The first-order valence-electron chi connectivity index (χ1n) is 9.98. The van der Waals surface area contributed by atoms with Crippen molar-refractivity contribution in [3.63, 3.8) is 0 Å². The van der Waals surface area contributed by atoms with Crippen LogP contribution in [-0.4, -0.2) is 33.1 Å². The zero-order valence-corrected chi connectivity index (χ0v) is 18.1. The number of amides is 1. The van der Waals surface area contributed by atoms with Crippen molar-refractivity contribution in [3.05, 3.63) is 65.5 Å². The number of aromatic nitrogens is 3. The second kappa shape index (κ2) is 8.79. The average molecular weight is 424 g/mol. The Bertz CT molecular complexity index is 1030. The molecule has 3 aromatic rings. The van der Waals surface area contributed by atoms with Gasteiger partial charge in [0.25, 0.3) is 0 Å². The smallest absolute Gasteiger partial charge is 0.240 e. The van der Waals surface area contributed by atoms with Crippen molar-refractivity contribution in [1.82, 2.24) is 14.9 Å². The number of hydrogen-bond acceptors (Lipinski definition) is 6. The fraction of sp³-hybridized carbons (Fsp3) is 0.318. The SMILES string of the molecule is CCCc1nnc2n1N[C@@H](c1ccc(C)cc1)[C@H](C(=O)Nc1cccc(OC)c1)S2. The van der Waals surface area contributed by atoms with E-state index in [1.165, 1.54) is 17.3 Å². The summed E-state index contributed by atoms with van der Waals surface area (Å²) in [6.45, 7) is 4.16. The third-order valence-electron chi connectivity index (χ3n) is 5.01. The van der Waals surface area contributed by atoms with E-state index in [1.54, 1.807) is 7.11 Å². The zero-order valence-electron chi connectivity index (χ0n) is 17.3. The van der Waals surface area contributed by atoms with Crippen molar-refractivity contribution in [1.29, 1.82) is 0 Å². The molecule has 2 N–H and O–H groups in total. The van der Waals surface area contributed by atoms with Crippen molar-refractivity contribution in [2.75, 3.05) is 17.9 Å². The maximum absolute atomic E-state index is 13.3. The lowest BCUT2D eigenvalue weighted by molar-refractivity contribution is -0.116. The lowest BCUT2D eigenvalue weighted by Crippen LogP contribution is -2.41. The van der Waals surface area contributed by atoms with Crippen LogP contribution in [0, 0.1) is 6.92 Å². The molecule has 156 valence electrons. The maximum Gasteiger partial charge on any atom is 0.240 e. The van der Waals surface area contributed by atoms with Crippen molar-refractivity contribution in [2.45, 2.75) is 43.1 Å². The minimum atomic E-state index is -0.412. The van der Waals surface area contributed by atoms with Gasteiger partial charge in [-0.2, -0.15) is 0 Å². The second-order valence-corrected chi connectivity index (χ2v) is 8.37. The molecule has 0 saturated heterocycles. The number of nitrogens with zero attached hydrogens (tertiary/aromatic N) is 3. The highest BCUT2D eigenvalue weighted by molar-refractivity contribution is 8.00. The van der Waals surface area contributed by atoms with Gasteiger partial charge in [-0.25, -0.2) is 4.68 Å². The number of rotatable bonds is 6. The molecule has 1 aliphatic heterocycles. The molecule has 0 aliphatic carbocycles. The molecule has 4 rings (SSSR count). The molecule has 0 spiro atoms. The summed E-state index contributed by atoms with van der Waals surface area (Å²) in [5.74, 6) is 1.47. The molecule has 1 amide bonds. The fourth-order valence-corrected chi connectivity index (χ4v) is 4.52. The maximum atomic E-state index is 13.3. The van der Waals surface area contributed by atoms with Crippen LogP contribution in [0.2, 0.25) is 0 Å². The minimum absolute atomic E-state index is 0.0994. The molecule has 7 nitrogen and oxygen atoms in total. The number of carbonyl (C=O) groups is 1. The number of fused-ring (bicyclic) bond motifs is 1. The lowest BCUT2D eigenvalue weighted by atomic mass is 10.0. The highest BCUT2D eigenvalue weighted by Gasteiger charge is 2.37. The third-order valence-corrected chi connectivity index (χ3v) is 6.22. The number of thioether (sulfide) groups is 1. The van der Waals surface area contributed by atoms with Gasteiger partial charge in [-0.3, -0.25) is 4.79 Å². The summed E-state index contributed by atoms with van der Waals surface area (Å²) in [5, 5.41) is 11.9. The van der Waals surface area contributed by atoms with E-state index in [2.05, 4.69) is 59.1 Å². The molecular formula is C22H25N5O2S. The van der Waals surface area contributed by atoms with Crippen molar-refractivity contribution >= 4 is 23.4 Å². The van der Waals surface area contributed by atoms with E-state index >= 15 is 0 Å². The Kier molecular flexibility index (Phi) is 5.94. The molecule has 30 heavy (non-hydrogen) atoms. The van der Waals surface area contributed by atoms with E-state index in [9.17, 15) is 4.79 Å². The van der Waals surface area contributed by atoms with E-state index in [-0.39, 0.29) is 11.9 Å². The summed E-state index contributed by atoms with van der Waals surface area (Å²) in [6, 6.07) is 15.4. The molecule has 2 atom stereocenters. The Hall–Kier alpha value is -3.00. The molecule has 1 aromatic heterocycles. The molecule has 2 heterocycles. The van der Waals surface area contributed by atoms with Gasteiger partial charge in [-0.1, -0.05) is 54.6 Å². The molecule has 8 heteroatoms. The van der Waals surface area contributed by atoms with E-state index < -0.39 is 5.25 Å². The van der Waals surface area contributed by atoms with Gasteiger partial charge < -0.3 is 15.5 Å². The molecule has 0 bridgehead atoms. The van der Waals surface area contributed by atoms with Crippen LogP contribution in [0.1, 0.15) is 36.3 Å². The van der Waals surface area contributed by atoms with Crippen LogP contribution in [0.25, 0.3) is 0 Å². The highest BCUT2D eigenvalue weighted by Crippen LogP contribution is 2.38. The van der Waals surface area contributed by atoms with E-state index in [0.717, 1.165) is 24.2 Å². The Morgan fingerprint density at radius 2 is 2.03 bits per heavy atom. The van der Waals surface area contributed by atoms with E-state index in [0.29, 0.717) is 16.6 Å². The van der Waals surface area contributed by atoms with Crippen molar-refractivity contribution in [2.24, 2.45) is 0 Å². The van der Waals surface area contributed by atoms with Crippen molar-refractivity contribution < 1.29 is 9.53 Å². The normalized spacial score (nSPS) is 17.7. The standard InChI is InChI=1S/C22H25N5O2S/c1-4-6-18-24-25-22-27(18)26-19(15-11-9-14(2)10-12-15)20(30-22)21(28)23-16-7-5-8-17(13-16)29-3/h5,7-13,19-20,26H,4,6H2,1-3H3,(H,23,28)/t19-,20+/m0/s1. The largest absolute Gasteiger partial charge is 0.497 e. The average Bonchev–Trinajstić information content (AvgIpc) is 3.15. The number of hydrogen-bond donors (Lipinski definition) is 2. The number of carbonyl (C=O) groups excluding carboxylic acids is 1. The predicted molar refractivity (Wildman–Crippen MR) is 119 cm³/mol.